The average Bonchev–Trinajstić information content (AvgIpc) is 2.28. The summed E-state index contributed by atoms with van der Waals surface area (Å²) >= 11 is 0. The summed E-state index contributed by atoms with van der Waals surface area (Å²) in [5.74, 6) is 5.04. The molecule has 1 aromatic rings. The largest absolute Gasteiger partial charge is 0.295 e. The van der Waals surface area contributed by atoms with E-state index in [1.165, 1.54) is 0 Å². The number of nitrogens with zero attached hydrogens (tertiary/aromatic N) is 2. The van der Waals surface area contributed by atoms with Gasteiger partial charge in [-0.2, -0.15) is 5.10 Å². The lowest BCUT2D eigenvalue weighted by molar-refractivity contribution is 0.0607. The number of rotatable bonds is 2. The first-order chi connectivity index (χ1) is 5.15. The molecule has 0 saturated carbocycles. The molecule has 1 heterocycles. The van der Waals surface area contributed by atoms with Crippen molar-refractivity contribution in [2.75, 3.05) is 0 Å². The second-order valence-corrected chi connectivity index (χ2v) is 2.61. The summed E-state index contributed by atoms with van der Waals surface area (Å²) in [6.07, 6.45) is -0.0961. The zero-order chi connectivity index (χ0) is 8.43. The molecule has 0 spiro atoms. The fourth-order valence-electron chi connectivity index (χ4n) is 1.08. The minimum atomic E-state index is -0.0961. The Morgan fingerprint density at radius 2 is 2.36 bits per heavy atom. The third-order valence-corrected chi connectivity index (χ3v) is 1.66. The topological polar surface area (TPSA) is 53.1 Å². The Bertz CT molecular complexity index is 244. The van der Waals surface area contributed by atoms with E-state index in [1.807, 2.05) is 27.0 Å². The van der Waals surface area contributed by atoms with Gasteiger partial charge in [0.25, 0.3) is 0 Å². The zero-order valence-corrected chi connectivity index (χ0v) is 7.03. The predicted molar refractivity (Wildman–Crippen MR) is 41.6 cm³/mol. The quantitative estimate of drug-likeness (QED) is 0.639. The molecule has 0 aliphatic heterocycles. The summed E-state index contributed by atoms with van der Waals surface area (Å²) in [7, 11) is 1.87. The Morgan fingerprint density at radius 3 is 2.73 bits per heavy atom. The summed E-state index contributed by atoms with van der Waals surface area (Å²) in [5.41, 5.74) is 1.97. The number of nitrogens with two attached hydrogens (primary N) is 1. The highest BCUT2D eigenvalue weighted by molar-refractivity contribution is 5.10. The first-order valence-electron chi connectivity index (χ1n) is 3.51. The summed E-state index contributed by atoms with van der Waals surface area (Å²) < 4.78 is 1.77. The van der Waals surface area contributed by atoms with E-state index in [-0.39, 0.29) is 6.10 Å². The summed E-state index contributed by atoms with van der Waals surface area (Å²) in [6, 6.07) is 1.96. The van der Waals surface area contributed by atoms with Gasteiger partial charge in [-0.3, -0.25) is 9.52 Å². The van der Waals surface area contributed by atoms with Crippen molar-refractivity contribution in [1.29, 1.82) is 0 Å². The fraction of sp³-hybridized carbons (Fsp3) is 0.571. The molecule has 1 rings (SSSR count). The van der Waals surface area contributed by atoms with Crippen molar-refractivity contribution in [3.63, 3.8) is 0 Å². The van der Waals surface area contributed by atoms with Gasteiger partial charge in [-0.1, -0.05) is 0 Å². The third kappa shape index (κ3) is 1.58. The van der Waals surface area contributed by atoms with Gasteiger partial charge in [0.2, 0.25) is 0 Å². The van der Waals surface area contributed by atoms with Gasteiger partial charge >= 0.3 is 0 Å². The van der Waals surface area contributed by atoms with Gasteiger partial charge in [-0.15, -0.1) is 0 Å². The van der Waals surface area contributed by atoms with Gasteiger partial charge in [0.15, 0.2) is 0 Å². The van der Waals surface area contributed by atoms with Crippen LogP contribution in [0.2, 0.25) is 0 Å². The first kappa shape index (κ1) is 8.23. The maximum absolute atomic E-state index is 5.04. The van der Waals surface area contributed by atoms with E-state index < -0.39 is 0 Å². The molecule has 0 aliphatic rings. The second-order valence-electron chi connectivity index (χ2n) is 2.61. The molecule has 62 valence electrons. The minimum absolute atomic E-state index is 0.0961. The van der Waals surface area contributed by atoms with E-state index in [9.17, 15) is 0 Å². The number of aryl methyl sites for hydroxylation is 2. The van der Waals surface area contributed by atoms with Crippen molar-refractivity contribution in [3.05, 3.63) is 17.5 Å². The molecule has 0 amide bonds. The van der Waals surface area contributed by atoms with Crippen LogP contribution in [0.25, 0.3) is 0 Å². The van der Waals surface area contributed by atoms with Crippen LogP contribution in [0.15, 0.2) is 6.07 Å². The van der Waals surface area contributed by atoms with Crippen LogP contribution in [0.4, 0.5) is 0 Å². The highest BCUT2D eigenvalue weighted by Crippen LogP contribution is 2.14. The summed E-state index contributed by atoms with van der Waals surface area (Å²) in [5, 5.41) is 4.16. The van der Waals surface area contributed by atoms with Crippen LogP contribution in [-0.4, -0.2) is 9.78 Å². The number of hydrogen-bond acceptors (Lipinski definition) is 3. The van der Waals surface area contributed by atoms with Gasteiger partial charge in [0.05, 0.1) is 11.4 Å². The molecule has 1 aromatic heterocycles. The smallest absolute Gasteiger partial charge is 0.117 e. The van der Waals surface area contributed by atoms with Crippen LogP contribution in [-0.2, 0) is 11.9 Å². The lowest BCUT2D eigenvalue weighted by atomic mass is 10.3. The van der Waals surface area contributed by atoms with Crippen molar-refractivity contribution in [3.8, 4) is 0 Å². The van der Waals surface area contributed by atoms with Gasteiger partial charge in [0.1, 0.15) is 6.10 Å². The highest BCUT2D eigenvalue weighted by atomic mass is 16.6. The minimum Gasteiger partial charge on any atom is -0.295 e. The first-order valence-corrected chi connectivity index (χ1v) is 3.51. The van der Waals surface area contributed by atoms with Crippen molar-refractivity contribution in [2.45, 2.75) is 20.0 Å². The van der Waals surface area contributed by atoms with E-state index in [0.29, 0.717) is 0 Å². The Labute approximate surface area is 65.9 Å². The van der Waals surface area contributed by atoms with E-state index in [1.54, 1.807) is 4.68 Å². The molecule has 0 fully saturated rings. The van der Waals surface area contributed by atoms with Crippen LogP contribution in [0.5, 0.6) is 0 Å². The normalized spacial score (nSPS) is 13.5. The lowest BCUT2D eigenvalue weighted by Gasteiger charge is -2.07. The molecule has 1 unspecified atom stereocenters. The maximum Gasteiger partial charge on any atom is 0.117 e. The molecule has 1 atom stereocenters. The Hall–Kier alpha value is -0.870. The maximum atomic E-state index is 5.04. The molecule has 0 bridgehead atoms. The zero-order valence-electron chi connectivity index (χ0n) is 7.03. The van der Waals surface area contributed by atoms with Gasteiger partial charge in [-0.05, 0) is 19.9 Å². The van der Waals surface area contributed by atoms with Crippen molar-refractivity contribution in [2.24, 2.45) is 12.9 Å². The van der Waals surface area contributed by atoms with Crippen LogP contribution >= 0.6 is 0 Å². The Balaban J connectivity index is 2.93. The van der Waals surface area contributed by atoms with Crippen LogP contribution in [0.3, 0.4) is 0 Å². The number of aromatic nitrogens is 2. The number of hydrogen-bond donors (Lipinski definition) is 1. The monoisotopic (exact) mass is 155 g/mol. The van der Waals surface area contributed by atoms with E-state index in [0.717, 1.165) is 11.4 Å². The Kier molecular flexibility index (Phi) is 2.26. The summed E-state index contributed by atoms with van der Waals surface area (Å²) in [4.78, 5) is 4.67. The van der Waals surface area contributed by atoms with Crippen molar-refractivity contribution < 1.29 is 4.84 Å². The van der Waals surface area contributed by atoms with Gasteiger partial charge in [0, 0.05) is 7.05 Å². The molecule has 2 N–H and O–H groups in total. The molecule has 4 nitrogen and oxygen atoms in total. The molecule has 4 heteroatoms. The van der Waals surface area contributed by atoms with Crippen molar-refractivity contribution >= 4 is 0 Å². The molecular weight excluding hydrogens is 142 g/mol. The van der Waals surface area contributed by atoms with Gasteiger partial charge in [-0.25, -0.2) is 5.90 Å². The van der Waals surface area contributed by atoms with Crippen LogP contribution < -0.4 is 5.90 Å². The van der Waals surface area contributed by atoms with Crippen LogP contribution in [0.1, 0.15) is 24.4 Å². The van der Waals surface area contributed by atoms with E-state index in [4.69, 9.17) is 5.90 Å². The van der Waals surface area contributed by atoms with E-state index >= 15 is 0 Å². The standard InChI is InChI=1S/C7H13N3O/c1-5-4-7(6(2)11-8)10(3)9-5/h4,6H,8H2,1-3H3. The van der Waals surface area contributed by atoms with E-state index in [2.05, 4.69) is 9.94 Å². The Morgan fingerprint density at radius 1 is 1.73 bits per heavy atom. The molecule has 0 aliphatic carbocycles. The average molecular weight is 155 g/mol. The van der Waals surface area contributed by atoms with Gasteiger partial charge < -0.3 is 0 Å². The fourth-order valence-corrected chi connectivity index (χ4v) is 1.08. The molecule has 11 heavy (non-hydrogen) atoms. The lowest BCUT2D eigenvalue weighted by Crippen LogP contribution is -2.09. The second kappa shape index (κ2) is 3.02. The summed E-state index contributed by atoms with van der Waals surface area (Å²) in [6.45, 7) is 3.82. The predicted octanol–water partition coefficient (Wildman–Crippen LogP) is 0.680. The van der Waals surface area contributed by atoms with Crippen molar-refractivity contribution in [1.82, 2.24) is 9.78 Å². The molecular formula is C7H13N3O. The molecule has 0 aromatic carbocycles. The third-order valence-electron chi connectivity index (χ3n) is 1.66. The van der Waals surface area contributed by atoms with Crippen LogP contribution in [0, 0.1) is 6.92 Å². The highest BCUT2D eigenvalue weighted by Gasteiger charge is 2.09. The molecule has 0 radical (unpaired) electrons. The SMILES string of the molecule is Cc1cc(C(C)ON)n(C)n1. The molecule has 0 saturated heterocycles.